The van der Waals surface area contributed by atoms with Gasteiger partial charge in [-0.2, -0.15) is 0 Å². The van der Waals surface area contributed by atoms with Crippen molar-refractivity contribution in [1.82, 2.24) is 14.7 Å². The minimum Gasteiger partial charge on any atom is -0.492 e. The van der Waals surface area contributed by atoms with Gasteiger partial charge >= 0.3 is 0 Å². The molecule has 0 unspecified atom stereocenters. The van der Waals surface area contributed by atoms with E-state index in [9.17, 15) is 4.79 Å². The van der Waals surface area contributed by atoms with Gasteiger partial charge in [0.2, 0.25) is 5.91 Å². The van der Waals surface area contributed by atoms with E-state index in [1.807, 2.05) is 24.3 Å². The molecule has 3 fully saturated rings. The maximum absolute atomic E-state index is 14.0. The lowest BCUT2D eigenvalue weighted by atomic mass is 9.88. The highest BCUT2D eigenvalue weighted by atomic mass is 35.5. The van der Waals surface area contributed by atoms with Crippen molar-refractivity contribution in [3.8, 4) is 5.75 Å². The summed E-state index contributed by atoms with van der Waals surface area (Å²) in [5.41, 5.74) is 2.20. The zero-order valence-electron chi connectivity index (χ0n) is 22.7. The van der Waals surface area contributed by atoms with E-state index in [0.29, 0.717) is 34.0 Å². The van der Waals surface area contributed by atoms with Gasteiger partial charge in [0, 0.05) is 34.7 Å². The highest BCUT2D eigenvalue weighted by molar-refractivity contribution is 6.35. The van der Waals surface area contributed by atoms with E-state index in [1.165, 1.54) is 37.9 Å². The molecule has 0 saturated carbocycles. The molecule has 0 bridgehead atoms. The van der Waals surface area contributed by atoms with E-state index in [-0.39, 0.29) is 11.9 Å². The fourth-order valence-electron chi connectivity index (χ4n) is 6.38. The largest absolute Gasteiger partial charge is 0.492 e. The Bertz CT molecular complexity index is 1110. The molecule has 0 aromatic heterocycles. The summed E-state index contributed by atoms with van der Waals surface area (Å²) in [6.45, 7) is 7.38. The summed E-state index contributed by atoms with van der Waals surface area (Å²) in [5.74, 6) is 1.47. The highest BCUT2D eigenvalue weighted by Crippen LogP contribution is 2.36. The smallest absolute Gasteiger partial charge is 0.240 e. The fraction of sp³-hybridized carbons (Fsp3) is 0.581. The van der Waals surface area contributed by atoms with Gasteiger partial charge in [0.1, 0.15) is 12.4 Å². The highest BCUT2D eigenvalue weighted by Gasteiger charge is 2.34. The number of ether oxygens (including phenoxy) is 1. The van der Waals surface area contributed by atoms with Gasteiger partial charge in [0.25, 0.3) is 0 Å². The first kappa shape index (κ1) is 29.0. The predicted molar refractivity (Wildman–Crippen MR) is 161 cm³/mol. The number of hydrogen-bond acceptors (Lipinski definition) is 4. The van der Waals surface area contributed by atoms with E-state index >= 15 is 0 Å². The summed E-state index contributed by atoms with van der Waals surface area (Å²) in [6.07, 6.45) is 8.52. The monoisotopic (exact) mass is 591 g/mol. The second-order valence-corrected chi connectivity index (χ2v) is 12.5. The second kappa shape index (κ2) is 13.9. The van der Waals surface area contributed by atoms with Crippen molar-refractivity contribution in [2.75, 3.05) is 52.4 Å². The molecule has 0 aliphatic carbocycles. The number of halogens is 3. The van der Waals surface area contributed by atoms with Crippen LogP contribution >= 0.6 is 34.8 Å². The van der Waals surface area contributed by atoms with Gasteiger partial charge < -0.3 is 9.64 Å². The zero-order chi connectivity index (χ0) is 27.2. The predicted octanol–water partition coefficient (Wildman–Crippen LogP) is 6.92. The zero-order valence-corrected chi connectivity index (χ0v) is 25.0. The first-order valence-electron chi connectivity index (χ1n) is 14.6. The van der Waals surface area contributed by atoms with Crippen molar-refractivity contribution in [3.63, 3.8) is 0 Å². The molecule has 3 aliphatic rings. The van der Waals surface area contributed by atoms with E-state index in [4.69, 9.17) is 39.5 Å². The molecule has 2 aromatic carbocycles. The lowest BCUT2D eigenvalue weighted by Crippen LogP contribution is -2.53. The Hall–Kier alpha value is -1.50. The molecule has 39 heavy (non-hydrogen) atoms. The van der Waals surface area contributed by atoms with Gasteiger partial charge in [0.15, 0.2) is 0 Å². The number of likely N-dealkylation sites (tertiary alicyclic amines) is 3. The lowest BCUT2D eigenvalue weighted by Gasteiger charge is -2.39. The van der Waals surface area contributed by atoms with Crippen molar-refractivity contribution >= 4 is 40.7 Å². The molecule has 8 heteroatoms. The third-order valence-electron chi connectivity index (χ3n) is 8.63. The van der Waals surface area contributed by atoms with Gasteiger partial charge in [-0.3, -0.25) is 14.6 Å². The fourth-order valence-corrected chi connectivity index (χ4v) is 7.03. The number of amides is 1. The van der Waals surface area contributed by atoms with Crippen molar-refractivity contribution < 1.29 is 9.53 Å². The quantitative estimate of drug-likeness (QED) is 0.317. The van der Waals surface area contributed by atoms with Crippen LogP contribution in [0.15, 0.2) is 36.4 Å². The average Bonchev–Trinajstić information content (AvgIpc) is 3.47. The normalized spacial score (nSPS) is 20.3. The summed E-state index contributed by atoms with van der Waals surface area (Å²) in [6, 6.07) is 11.5. The summed E-state index contributed by atoms with van der Waals surface area (Å²) < 4.78 is 6.28. The molecular weight excluding hydrogens is 553 g/mol. The van der Waals surface area contributed by atoms with Crippen LogP contribution in [-0.4, -0.2) is 79.1 Å². The molecule has 1 amide bonds. The summed E-state index contributed by atoms with van der Waals surface area (Å²) in [5, 5.41) is 1.96. The third-order valence-corrected chi connectivity index (χ3v) is 9.45. The van der Waals surface area contributed by atoms with E-state index in [2.05, 4.69) is 20.8 Å². The van der Waals surface area contributed by atoms with Crippen molar-refractivity contribution in [3.05, 3.63) is 62.6 Å². The van der Waals surface area contributed by atoms with Crippen molar-refractivity contribution in [2.45, 2.75) is 63.3 Å². The molecule has 3 heterocycles. The maximum atomic E-state index is 14.0. The van der Waals surface area contributed by atoms with Crippen LogP contribution in [0.4, 0.5) is 0 Å². The Morgan fingerprint density at radius 2 is 1.51 bits per heavy atom. The van der Waals surface area contributed by atoms with Crippen LogP contribution in [0.1, 0.15) is 62.0 Å². The van der Waals surface area contributed by atoms with Crippen LogP contribution in [0.25, 0.3) is 0 Å². The van der Waals surface area contributed by atoms with Gasteiger partial charge in [-0.25, -0.2) is 0 Å². The molecule has 3 saturated heterocycles. The average molecular weight is 593 g/mol. The second-order valence-electron chi connectivity index (χ2n) is 11.2. The minimum absolute atomic E-state index is 0.194. The number of piperidine rings is 2. The van der Waals surface area contributed by atoms with E-state index < -0.39 is 0 Å². The Labute approximate surface area is 248 Å². The molecule has 5 nitrogen and oxygen atoms in total. The van der Waals surface area contributed by atoms with Crippen LogP contribution in [0.3, 0.4) is 0 Å². The van der Waals surface area contributed by atoms with Crippen LogP contribution < -0.4 is 4.74 Å². The van der Waals surface area contributed by atoms with Crippen molar-refractivity contribution in [1.29, 1.82) is 0 Å². The SMILES string of the molecule is O=C([C@@H](Cc1ccc(Cl)cc1Cl)N1CCCCC1)N1CCC(c2ccc(Cl)cc2OCCN2CCCC2)CC1. The molecule has 1 atom stereocenters. The number of carbonyl (C=O) groups is 1. The Balaban J connectivity index is 1.23. The van der Waals surface area contributed by atoms with E-state index in [0.717, 1.165) is 69.7 Å². The third kappa shape index (κ3) is 7.62. The van der Waals surface area contributed by atoms with Crippen LogP contribution in [-0.2, 0) is 11.2 Å². The standard InChI is InChI=1S/C31H40Cl3N3O2/c32-25-7-6-24(28(34)21-25)20-29(36-14-2-1-3-15-36)31(38)37-16-10-23(11-17-37)27-9-8-26(33)22-30(27)39-19-18-35-12-4-5-13-35/h6-9,21-23,29H,1-5,10-20H2/t29-/m1/s1. The van der Waals surface area contributed by atoms with Crippen LogP contribution in [0, 0.1) is 0 Å². The van der Waals surface area contributed by atoms with Gasteiger partial charge in [-0.15, -0.1) is 0 Å². The topological polar surface area (TPSA) is 36.0 Å². The van der Waals surface area contributed by atoms with Gasteiger partial charge in [0.05, 0.1) is 6.04 Å². The van der Waals surface area contributed by atoms with Gasteiger partial charge in [-0.1, -0.05) is 53.4 Å². The molecule has 0 spiro atoms. The van der Waals surface area contributed by atoms with Crippen LogP contribution in [0.2, 0.25) is 15.1 Å². The minimum atomic E-state index is -0.194. The Kier molecular flexibility index (Phi) is 10.3. The summed E-state index contributed by atoms with van der Waals surface area (Å²) >= 11 is 19.0. The molecule has 212 valence electrons. The molecular formula is C31H40Cl3N3O2. The Morgan fingerprint density at radius 1 is 0.846 bits per heavy atom. The number of carbonyl (C=O) groups excluding carboxylic acids is 1. The van der Waals surface area contributed by atoms with E-state index in [1.54, 1.807) is 6.07 Å². The Morgan fingerprint density at radius 3 is 2.23 bits per heavy atom. The number of rotatable bonds is 9. The number of hydrogen-bond donors (Lipinski definition) is 0. The summed E-state index contributed by atoms with van der Waals surface area (Å²) in [7, 11) is 0. The molecule has 2 aromatic rings. The molecule has 5 rings (SSSR count). The molecule has 0 radical (unpaired) electrons. The van der Waals surface area contributed by atoms with Gasteiger partial charge in [-0.05, 0) is 112 Å². The molecule has 0 N–H and O–H groups in total. The summed E-state index contributed by atoms with van der Waals surface area (Å²) in [4.78, 5) is 20.9. The van der Waals surface area contributed by atoms with Crippen LogP contribution in [0.5, 0.6) is 5.75 Å². The van der Waals surface area contributed by atoms with Crippen molar-refractivity contribution in [2.24, 2.45) is 0 Å². The number of benzene rings is 2. The molecule has 3 aliphatic heterocycles. The maximum Gasteiger partial charge on any atom is 0.240 e. The lowest BCUT2D eigenvalue weighted by molar-refractivity contribution is -0.138. The first-order valence-corrected chi connectivity index (χ1v) is 15.7. The first-order chi connectivity index (χ1) is 19.0. The number of nitrogens with zero attached hydrogens (tertiary/aromatic N) is 3.